The number of aliphatic hydroxyl groups is 1. The van der Waals surface area contributed by atoms with E-state index in [1.165, 1.54) is 12.1 Å². The van der Waals surface area contributed by atoms with Crippen molar-refractivity contribution >= 4 is 34.9 Å². The monoisotopic (exact) mass is 260 g/mol. The number of halogens is 2. The molecular formula is C11H10Cl2O3. The molecule has 0 amide bonds. The molecule has 0 saturated heterocycles. The zero-order chi connectivity index (χ0) is 12.1. The molecule has 0 aliphatic carbocycles. The topological polar surface area (TPSA) is 46.5 Å². The van der Waals surface area contributed by atoms with Crippen molar-refractivity contribution in [3.63, 3.8) is 0 Å². The zero-order valence-electron chi connectivity index (χ0n) is 8.54. The second-order valence-corrected chi connectivity index (χ2v) is 3.72. The van der Waals surface area contributed by atoms with Crippen LogP contribution in [0.2, 0.25) is 10.0 Å². The maximum absolute atomic E-state index is 11.1. The first-order chi connectivity index (χ1) is 7.54. The fourth-order valence-electron chi connectivity index (χ4n) is 1.03. The highest BCUT2D eigenvalue weighted by molar-refractivity contribution is 6.42. The minimum atomic E-state index is -0.605. The van der Waals surface area contributed by atoms with Crippen molar-refractivity contribution in [2.75, 3.05) is 6.61 Å². The summed E-state index contributed by atoms with van der Waals surface area (Å²) in [6.07, 6.45) is 0.989. The van der Waals surface area contributed by atoms with Crippen molar-refractivity contribution < 1.29 is 14.6 Å². The van der Waals surface area contributed by atoms with Gasteiger partial charge in [-0.05, 0) is 25.1 Å². The SMILES string of the molecule is CCOC(=O)C=C(O)c1ccc(Cl)c(Cl)c1. The van der Waals surface area contributed by atoms with Crippen LogP contribution in [0.15, 0.2) is 24.3 Å². The van der Waals surface area contributed by atoms with Crippen molar-refractivity contribution in [2.24, 2.45) is 0 Å². The molecule has 0 saturated carbocycles. The number of hydrogen-bond acceptors (Lipinski definition) is 3. The van der Waals surface area contributed by atoms with Gasteiger partial charge < -0.3 is 9.84 Å². The van der Waals surface area contributed by atoms with Crippen molar-refractivity contribution in [2.45, 2.75) is 6.92 Å². The second-order valence-electron chi connectivity index (χ2n) is 2.91. The summed E-state index contributed by atoms with van der Waals surface area (Å²) < 4.78 is 4.65. The maximum Gasteiger partial charge on any atom is 0.334 e. The maximum atomic E-state index is 11.1. The Hall–Kier alpha value is -1.19. The lowest BCUT2D eigenvalue weighted by Gasteiger charge is -2.02. The van der Waals surface area contributed by atoms with Gasteiger partial charge in [0.1, 0.15) is 5.76 Å². The minimum Gasteiger partial charge on any atom is -0.507 e. The van der Waals surface area contributed by atoms with E-state index < -0.39 is 5.97 Å². The Morgan fingerprint density at radius 3 is 2.69 bits per heavy atom. The predicted molar refractivity (Wildman–Crippen MR) is 63.7 cm³/mol. The van der Waals surface area contributed by atoms with Gasteiger partial charge in [0.15, 0.2) is 0 Å². The number of esters is 1. The molecule has 0 spiro atoms. The van der Waals surface area contributed by atoms with E-state index in [-0.39, 0.29) is 12.4 Å². The summed E-state index contributed by atoms with van der Waals surface area (Å²) in [7, 11) is 0. The van der Waals surface area contributed by atoms with Crippen LogP contribution in [0.4, 0.5) is 0 Å². The van der Waals surface area contributed by atoms with E-state index >= 15 is 0 Å². The van der Waals surface area contributed by atoms with Gasteiger partial charge >= 0.3 is 5.97 Å². The normalized spacial score (nSPS) is 11.3. The molecule has 0 fully saturated rings. The Morgan fingerprint density at radius 2 is 2.12 bits per heavy atom. The molecule has 1 aromatic carbocycles. The fourth-order valence-corrected chi connectivity index (χ4v) is 1.33. The summed E-state index contributed by atoms with van der Waals surface area (Å²) in [5.41, 5.74) is 0.405. The average Bonchev–Trinajstić information content (AvgIpc) is 2.22. The van der Waals surface area contributed by atoms with Crippen molar-refractivity contribution in [3.05, 3.63) is 39.9 Å². The summed E-state index contributed by atoms with van der Waals surface area (Å²) in [5.74, 6) is -0.817. The number of hydrogen-bond donors (Lipinski definition) is 1. The lowest BCUT2D eigenvalue weighted by molar-refractivity contribution is -0.137. The summed E-state index contributed by atoms with van der Waals surface area (Å²) in [6.45, 7) is 1.94. The van der Waals surface area contributed by atoms with Gasteiger partial charge in [-0.25, -0.2) is 4.79 Å². The Morgan fingerprint density at radius 1 is 1.44 bits per heavy atom. The summed E-state index contributed by atoms with van der Waals surface area (Å²) in [6, 6.07) is 4.56. The van der Waals surface area contributed by atoms with Crippen LogP contribution in [0.25, 0.3) is 5.76 Å². The predicted octanol–water partition coefficient (Wildman–Crippen LogP) is 3.46. The first-order valence-corrected chi connectivity index (χ1v) is 5.33. The van der Waals surface area contributed by atoms with Crippen LogP contribution in [-0.2, 0) is 9.53 Å². The van der Waals surface area contributed by atoms with Crippen LogP contribution < -0.4 is 0 Å². The van der Waals surface area contributed by atoms with E-state index in [0.717, 1.165) is 6.08 Å². The zero-order valence-corrected chi connectivity index (χ0v) is 10.0. The fraction of sp³-hybridized carbons (Fsp3) is 0.182. The van der Waals surface area contributed by atoms with Gasteiger partial charge in [0, 0.05) is 5.56 Å². The lowest BCUT2D eigenvalue weighted by Crippen LogP contribution is -2.00. The molecule has 0 unspecified atom stereocenters. The number of carbonyl (C=O) groups is 1. The van der Waals surface area contributed by atoms with E-state index in [9.17, 15) is 9.90 Å². The standard InChI is InChI=1S/C11H10Cl2O3/c1-2-16-11(15)6-10(14)7-3-4-8(12)9(13)5-7/h3-6,14H,2H2,1H3. The van der Waals surface area contributed by atoms with E-state index in [1.54, 1.807) is 13.0 Å². The average molecular weight is 261 g/mol. The quantitative estimate of drug-likeness (QED) is 0.515. The molecule has 0 atom stereocenters. The first kappa shape index (κ1) is 12.9. The smallest absolute Gasteiger partial charge is 0.334 e. The first-order valence-electron chi connectivity index (χ1n) is 4.57. The summed E-state index contributed by atoms with van der Waals surface area (Å²) >= 11 is 11.5. The van der Waals surface area contributed by atoms with Crippen LogP contribution in [0, 0.1) is 0 Å². The summed E-state index contributed by atoms with van der Waals surface area (Å²) in [4.78, 5) is 11.1. The Kier molecular flexibility index (Phi) is 4.65. The molecule has 86 valence electrons. The van der Waals surface area contributed by atoms with Gasteiger partial charge in [-0.2, -0.15) is 0 Å². The third-order valence-electron chi connectivity index (χ3n) is 1.76. The van der Waals surface area contributed by atoms with Crippen molar-refractivity contribution in [3.8, 4) is 0 Å². The molecule has 0 bridgehead atoms. The van der Waals surface area contributed by atoms with Crippen LogP contribution >= 0.6 is 23.2 Å². The molecule has 1 rings (SSSR count). The lowest BCUT2D eigenvalue weighted by atomic mass is 10.2. The Balaban J connectivity index is 2.91. The van der Waals surface area contributed by atoms with Crippen molar-refractivity contribution in [1.29, 1.82) is 0 Å². The number of ether oxygens (including phenoxy) is 1. The van der Waals surface area contributed by atoms with Gasteiger partial charge in [-0.15, -0.1) is 0 Å². The van der Waals surface area contributed by atoms with E-state index in [1.807, 2.05) is 0 Å². The number of carbonyl (C=O) groups excluding carboxylic acids is 1. The van der Waals surface area contributed by atoms with E-state index in [4.69, 9.17) is 23.2 Å². The summed E-state index contributed by atoms with van der Waals surface area (Å²) in [5, 5.41) is 10.3. The van der Waals surface area contributed by atoms with Crippen LogP contribution in [0.5, 0.6) is 0 Å². The molecule has 1 aromatic rings. The highest BCUT2D eigenvalue weighted by atomic mass is 35.5. The highest BCUT2D eigenvalue weighted by Crippen LogP contribution is 2.25. The number of benzene rings is 1. The second kappa shape index (κ2) is 5.77. The molecule has 16 heavy (non-hydrogen) atoms. The number of aliphatic hydroxyl groups excluding tert-OH is 1. The molecule has 0 heterocycles. The molecule has 1 N–H and O–H groups in total. The van der Waals surface area contributed by atoms with Gasteiger partial charge in [0.05, 0.1) is 22.7 Å². The highest BCUT2D eigenvalue weighted by Gasteiger charge is 2.06. The third kappa shape index (κ3) is 3.43. The molecule has 0 radical (unpaired) electrons. The van der Waals surface area contributed by atoms with Gasteiger partial charge in [0.2, 0.25) is 0 Å². The van der Waals surface area contributed by atoms with Crippen LogP contribution in [0.1, 0.15) is 12.5 Å². The Bertz CT molecular complexity index is 427. The molecule has 0 aliphatic rings. The Labute approximate surface area is 103 Å². The minimum absolute atomic E-state index is 0.211. The molecule has 5 heteroatoms. The molecular weight excluding hydrogens is 251 g/mol. The van der Waals surface area contributed by atoms with Crippen LogP contribution in [0.3, 0.4) is 0 Å². The van der Waals surface area contributed by atoms with Gasteiger partial charge in [-0.1, -0.05) is 23.2 Å². The largest absolute Gasteiger partial charge is 0.507 e. The van der Waals surface area contributed by atoms with Crippen LogP contribution in [-0.4, -0.2) is 17.7 Å². The molecule has 0 aromatic heterocycles. The number of rotatable bonds is 3. The third-order valence-corrected chi connectivity index (χ3v) is 2.50. The van der Waals surface area contributed by atoms with E-state index in [2.05, 4.69) is 4.74 Å². The van der Waals surface area contributed by atoms with Crippen molar-refractivity contribution in [1.82, 2.24) is 0 Å². The molecule has 0 aliphatic heterocycles. The van der Waals surface area contributed by atoms with Gasteiger partial charge in [0.25, 0.3) is 0 Å². The molecule has 3 nitrogen and oxygen atoms in total. The van der Waals surface area contributed by atoms with E-state index in [0.29, 0.717) is 15.6 Å². The van der Waals surface area contributed by atoms with Gasteiger partial charge in [-0.3, -0.25) is 0 Å².